The van der Waals surface area contributed by atoms with Crippen molar-refractivity contribution in [2.75, 3.05) is 0 Å². The topological polar surface area (TPSA) is 63.6 Å². The summed E-state index contributed by atoms with van der Waals surface area (Å²) in [6.45, 7) is 5.75. The van der Waals surface area contributed by atoms with Crippen LogP contribution in [0.2, 0.25) is 0 Å². The number of aromatic nitrogens is 4. The Balaban J connectivity index is 2.55. The predicted molar refractivity (Wildman–Crippen MR) is 56.7 cm³/mol. The molecule has 0 fully saturated rings. The largest absolute Gasteiger partial charge is 0.365 e. The molecule has 0 atom stereocenters. The summed E-state index contributed by atoms with van der Waals surface area (Å²) in [5, 5.41) is 9.32. The quantitative estimate of drug-likeness (QED) is 0.789. The monoisotopic (exact) mass is 202 g/mol. The van der Waals surface area contributed by atoms with Crippen molar-refractivity contribution in [2.45, 2.75) is 6.92 Å². The van der Waals surface area contributed by atoms with Gasteiger partial charge < -0.3 is 0 Å². The van der Waals surface area contributed by atoms with Crippen LogP contribution in [-0.4, -0.2) is 20.2 Å². The predicted octanol–water partition coefficient (Wildman–Crippen LogP) is 0.989. The van der Waals surface area contributed by atoms with Crippen LogP contribution in [0.25, 0.3) is 11.3 Å². The van der Waals surface area contributed by atoms with Crippen LogP contribution in [0.3, 0.4) is 0 Å². The second-order valence-electron chi connectivity index (χ2n) is 3.25. The third-order valence-corrected chi connectivity index (χ3v) is 2.06. The van der Waals surface area contributed by atoms with Gasteiger partial charge in [0.2, 0.25) is 0 Å². The van der Waals surface area contributed by atoms with E-state index in [-0.39, 0.29) is 5.69 Å². The van der Waals surface area contributed by atoms with E-state index in [1.165, 1.54) is 4.68 Å². The molecule has 5 nitrogen and oxygen atoms in total. The number of hydrogen-bond donors (Lipinski definition) is 1. The Morgan fingerprint density at radius 2 is 2.33 bits per heavy atom. The maximum Gasteiger partial charge on any atom is 0.365 e. The van der Waals surface area contributed by atoms with E-state index in [0.29, 0.717) is 5.69 Å². The fourth-order valence-electron chi connectivity index (χ4n) is 1.27. The molecule has 0 spiro atoms. The molecular weight excluding hydrogens is 192 g/mol. The molecule has 0 saturated carbocycles. The van der Waals surface area contributed by atoms with Crippen LogP contribution in [0.4, 0.5) is 0 Å². The summed E-state index contributed by atoms with van der Waals surface area (Å²) < 4.78 is 1.20. The van der Waals surface area contributed by atoms with E-state index in [0.717, 1.165) is 11.1 Å². The Labute approximate surface area is 86.0 Å². The zero-order chi connectivity index (χ0) is 10.8. The molecule has 0 amide bonds. The standard InChI is InChI=1S/C10H10N4O/c1-7(2)8-4-3-5-9(6-8)14-10(15)11-12-13-14/h3-6H,1H2,2H3,(H,11,13,15). The average molecular weight is 202 g/mol. The third-order valence-electron chi connectivity index (χ3n) is 2.06. The molecule has 5 heteroatoms. The van der Waals surface area contributed by atoms with Crippen LogP contribution >= 0.6 is 0 Å². The Hall–Kier alpha value is -2.17. The highest BCUT2D eigenvalue weighted by Crippen LogP contribution is 2.14. The summed E-state index contributed by atoms with van der Waals surface area (Å²) >= 11 is 0. The number of nitrogens with one attached hydrogen (secondary N) is 1. The number of hydrogen-bond acceptors (Lipinski definition) is 3. The first-order chi connectivity index (χ1) is 7.18. The van der Waals surface area contributed by atoms with Gasteiger partial charge in [-0.1, -0.05) is 24.3 Å². The van der Waals surface area contributed by atoms with Crippen molar-refractivity contribution < 1.29 is 0 Å². The van der Waals surface area contributed by atoms with Crippen molar-refractivity contribution in [1.29, 1.82) is 0 Å². The molecule has 15 heavy (non-hydrogen) atoms. The molecular formula is C10H10N4O. The van der Waals surface area contributed by atoms with E-state index >= 15 is 0 Å². The zero-order valence-electron chi connectivity index (χ0n) is 8.27. The van der Waals surface area contributed by atoms with Gasteiger partial charge in [0, 0.05) is 0 Å². The smallest absolute Gasteiger partial charge is 0.244 e. The highest BCUT2D eigenvalue weighted by Gasteiger charge is 2.03. The first kappa shape index (κ1) is 9.39. The van der Waals surface area contributed by atoms with E-state index < -0.39 is 0 Å². The number of benzene rings is 1. The number of allylic oxidation sites excluding steroid dienone is 1. The number of nitrogens with zero attached hydrogens (tertiary/aromatic N) is 3. The van der Waals surface area contributed by atoms with Gasteiger partial charge in [0.25, 0.3) is 0 Å². The van der Waals surface area contributed by atoms with Crippen LogP contribution in [0.1, 0.15) is 12.5 Å². The zero-order valence-corrected chi connectivity index (χ0v) is 8.27. The summed E-state index contributed by atoms with van der Waals surface area (Å²) in [6, 6.07) is 7.40. The fraction of sp³-hybridized carbons (Fsp3) is 0.100. The molecule has 1 aromatic heterocycles. The summed E-state index contributed by atoms with van der Waals surface area (Å²) in [5.41, 5.74) is 2.24. The molecule has 0 saturated heterocycles. The van der Waals surface area contributed by atoms with E-state index in [1.807, 2.05) is 25.1 Å². The van der Waals surface area contributed by atoms with Gasteiger partial charge in [-0.05, 0) is 35.0 Å². The molecule has 2 aromatic rings. The molecule has 1 heterocycles. The lowest BCUT2D eigenvalue weighted by atomic mass is 10.1. The Kier molecular flexibility index (Phi) is 2.21. The highest BCUT2D eigenvalue weighted by atomic mass is 16.2. The van der Waals surface area contributed by atoms with Crippen molar-refractivity contribution in [3.05, 3.63) is 46.9 Å². The molecule has 0 unspecified atom stereocenters. The van der Waals surface area contributed by atoms with E-state index in [4.69, 9.17) is 0 Å². The molecule has 0 aliphatic heterocycles. The maximum atomic E-state index is 11.3. The summed E-state index contributed by atoms with van der Waals surface area (Å²) in [6.07, 6.45) is 0. The van der Waals surface area contributed by atoms with Crippen molar-refractivity contribution in [3.8, 4) is 5.69 Å². The van der Waals surface area contributed by atoms with Gasteiger partial charge in [-0.15, -0.1) is 0 Å². The van der Waals surface area contributed by atoms with Gasteiger partial charge in [-0.2, -0.15) is 4.68 Å². The third kappa shape index (κ3) is 1.71. The van der Waals surface area contributed by atoms with Crippen molar-refractivity contribution in [2.24, 2.45) is 0 Å². The second-order valence-corrected chi connectivity index (χ2v) is 3.25. The van der Waals surface area contributed by atoms with Gasteiger partial charge in [0.05, 0.1) is 5.69 Å². The van der Waals surface area contributed by atoms with Gasteiger partial charge in [0.1, 0.15) is 0 Å². The summed E-state index contributed by atoms with van der Waals surface area (Å²) in [7, 11) is 0. The second kappa shape index (κ2) is 3.53. The number of tetrazole rings is 1. The number of aromatic amines is 1. The Morgan fingerprint density at radius 1 is 1.53 bits per heavy atom. The van der Waals surface area contributed by atoms with Crippen LogP contribution < -0.4 is 5.69 Å². The lowest BCUT2D eigenvalue weighted by molar-refractivity contribution is 0.779. The van der Waals surface area contributed by atoms with E-state index in [2.05, 4.69) is 22.1 Å². The molecule has 0 aliphatic carbocycles. The molecule has 0 radical (unpaired) electrons. The van der Waals surface area contributed by atoms with Gasteiger partial charge in [-0.25, -0.2) is 9.89 Å². The number of H-pyrrole nitrogens is 1. The highest BCUT2D eigenvalue weighted by molar-refractivity contribution is 5.63. The molecule has 0 aliphatic rings. The summed E-state index contributed by atoms with van der Waals surface area (Å²) in [4.78, 5) is 11.3. The summed E-state index contributed by atoms with van der Waals surface area (Å²) in [5.74, 6) is 0. The number of rotatable bonds is 2. The van der Waals surface area contributed by atoms with Crippen LogP contribution in [-0.2, 0) is 0 Å². The fourth-order valence-corrected chi connectivity index (χ4v) is 1.27. The van der Waals surface area contributed by atoms with Crippen molar-refractivity contribution >= 4 is 5.57 Å². The first-order valence-corrected chi connectivity index (χ1v) is 4.45. The minimum atomic E-state index is -0.353. The SMILES string of the molecule is C=C(C)c1cccc(-n2nn[nH]c2=O)c1. The average Bonchev–Trinajstić information content (AvgIpc) is 2.64. The first-order valence-electron chi connectivity index (χ1n) is 4.45. The van der Waals surface area contributed by atoms with Crippen LogP contribution in [0, 0.1) is 0 Å². The minimum Gasteiger partial charge on any atom is -0.244 e. The maximum absolute atomic E-state index is 11.3. The molecule has 76 valence electrons. The van der Waals surface area contributed by atoms with Crippen molar-refractivity contribution in [1.82, 2.24) is 20.2 Å². The van der Waals surface area contributed by atoms with Crippen LogP contribution in [0.15, 0.2) is 35.6 Å². The normalized spacial score (nSPS) is 10.2. The van der Waals surface area contributed by atoms with Crippen molar-refractivity contribution in [3.63, 3.8) is 0 Å². The molecule has 1 N–H and O–H groups in total. The molecule has 2 rings (SSSR count). The Morgan fingerprint density at radius 3 is 2.93 bits per heavy atom. The minimum absolute atomic E-state index is 0.353. The Bertz CT molecular complexity index is 552. The molecule has 1 aromatic carbocycles. The van der Waals surface area contributed by atoms with Gasteiger partial charge in [0.15, 0.2) is 0 Å². The lowest BCUT2D eigenvalue weighted by Crippen LogP contribution is -2.15. The van der Waals surface area contributed by atoms with Gasteiger partial charge in [-0.3, -0.25) is 0 Å². The molecule has 0 bridgehead atoms. The van der Waals surface area contributed by atoms with Gasteiger partial charge >= 0.3 is 5.69 Å². The van der Waals surface area contributed by atoms with E-state index in [1.54, 1.807) is 6.07 Å². The van der Waals surface area contributed by atoms with Crippen LogP contribution in [0.5, 0.6) is 0 Å². The lowest BCUT2D eigenvalue weighted by Gasteiger charge is -2.02. The van der Waals surface area contributed by atoms with E-state index in [9.17, 15) is 4.79 Å².